The number of carbonyl (C=O) groups is 2. The highest BCUT2D eigenvalue weighted by Gasteiger charge is 2.30. The maximum atomic E-state index is 12.3. The molecule has 1 aliphatic rings. The lowest BCUT2D eigenvalue weighted by Crippen LogP contribution is -2.49. The van der Waals surface area contributed by atoms with Crippen molar-refractivity contribution >= 4 is 22.0 Å². The zero-order chi connectivity index (χ0) is 19.3. The number of hydrogen-bond acceptors (Lipinski definition) is 4. The zero-order valence-corrected chi connectivity index (χ0v) is 15.8. The van der Waals surface area contributed by atoms with Gasteiger partial charge in [0.05, 0.1) is 11.3 Å². The number of nitrogens with zero attached hydrogens (tertiary/aromatic N) is 2. The Labute approximate surface area is 153 Å². The molecule has 1 aromatic carbocycles. The van der Waals surface area contributed by atoms with E-state index in [1.54, 1.807) is 31.0 Å². The summed E-state index contributed by atoms with van der Waals surface area (Å²) >= 11 is 0. The van der Waals surface area contributed by atoms with Crippen LogP contribution in [0.15, 0.2) is 24.3 Å². The van der Waals surface area contributed by atoms with Gasteiger partial charge in [0.15, 0.2) is 0 Å². The molecule has 0 aromatic heterocycles. The van der Waals surface area contributed by atoms with Crippen LogP contribution in [-0.2, 0) is 16.6 Å². The minimum atomic E-state index is -3.22. The maximum absolute atomic E-state index is 12.3. The number of benzene rings is 1. The molecule has 2 N–H and O–H groups in total. The molecule has 0 saturated carbocycles. The first-order valence-corrected chi connectivity index (χ1v) is 10.2. The number of likely N-dealkylation sites (tertiary alicyclic amines) is 1. The summed E-state index contributed by atoms with van der Waals surface area (Å²) in [5.41, 5.74) is 1.01. The zero-order valence-electron chi connectivity index (χ0n) is 15.0. The van der Waals surface area contributed by atoms with Gasteiger partial charge in [-0.2, -0.15) is 0 Å². The largest absolute Gasteiger partial charge is 0.478 e. The molecular formula is C17H25N3O5S. The second-order valence-corrected chi connectivity index (χ2v) is 8.61. The Morgan fingerprint density at radius 1 is 1.23 bits per heavy atom. The molecule has 0 bridgehead atoms. The minimum Gasteiger partial charge on any atom is -0.478 e. The molecule has 9 heteroatoms. The Kier molecular flexibility index (Phi) is 6.60. The van der Waals surface area contributed by atoms with E-state index in [2.05, 4.69) is 5.32 Å². The number of aromatic carboxylic acids is 1. The summed E-state index contributed by atoms with van der Waals surface area (Å²) in [6.45, 7) is 2.93. The molecule has 1 heterocycles. The smallest absolute Gasteiger partial charge is 0.335 e. The van der Waals surface area contributed by atoms with E-state index in [4.69, 9.17) is 5.11 Å². The normalized spacial score (nSPS) is 15.9. The van der Waals surface area contributed by atoms with Crippen LogP contribution in [-0.4, -0.2) is 66.7 Å². The van der Waals surface area contributed by atoms with Crippen molar-refractivity contribution in [1.29, 1.82) is 0 Å². The summed E-state index contributed by atoms with van der Waals surface area (Å²) < 4.78 is 25.3. The van der Waals surface area contributed by atoms with Crippen molar-refractivity contribution in [3.05, 3.63) is 35.4 Å². The molecule has 144 valence electrons. The van der Waals surface area contributed by atoms with E-state index in [-0.39, 0.29) is 23.4 Å². The summed E-state index contributed by atoms with van der Waals surface area (Å²) in [4.78, 5) is 24.8. The molecule has 0 unspecified atom stereocenters. The lowest BCUT2D eigenvalue weighted by molar-refractivity contribution is 0.0696. The Bertz CT molecular complexity index is 740. The Morgan fingerprint density at radius 2 is 1.81 bits per heavy atom. The van der Waals surface area contributed by atoms with Gasteiger partial charge in [0.2, 0.25) is 10.0 Å². The molecule has 26 heavy (non-hydrogen) atoms. The van der Waals surface area contributed by atoms with E-state index in [1.165, 1.54) is 16.4 Å². The number of carboxylic acid groups (broad SMARTS) is 1. The predicted molar refractivity (Wildman–Crippen MR) is 97.5 cm³/mol. The first-order chi connectivity index (χ1) is 12.2. The standard InChI is InChI=1S/C17H25N3O5S/c1-3-26(24,25)19(2)15-8-10-20(11-9-15)17(23)18-12-13-4-6-14(7-5-13)16(21)22/h4-7,15H,3,8-12H2,1-2H3,(H,18,23)(H,21,22). The number of carbonyl (C=O) groups excluding carboxylic acids is 1. The summed E-state index contributed by atoms with van der Waals surface area (Å²) in [6, 6.07) is 6.05. The average molecular weight is 383 g/mol. The van der Waals surface area contributed by atoms with E-state index >= 15 is 0 Å². The lowest BCUT2D eigenvalue weighted by atomic mass is 10.1. The number of carboxylic acids is 1. The SMILES string of the molecule is CCS(=O)(=O)N(C)C1CCN(C(=O)NCc2ccc(C(=O)O)cc2)CC1. The van der Waals surface area contributed by atoms with Crippen LogP contribution in [0, 0.1) is 0 Å². The summed E-state index contributed by atoms with van der Waals surface area (Å²) in [5, 5.41) is 11.7. The van der Waals surface area contributed by atoms with Crippen molar-refractivity contribution in [2.45, 2.75) is 32.4 Å². The fraction of sp³-hybridized carbons (Fsp3) is 0.529. The van der Waals surface area contributed by atoms with Crippen molar-refractivity contribution < 1.29 is 23.1 Å². The summed E-state index contributed by atoms with van der Waals surface area (Å²) in [7, 11) is -1.62. The first kappa shape index (κ1) is 20.2. The number of piperidine rings is 1. The molecule has 0 radical (unpaired) electrons. The van der Waals surface area contributed by atoms with Gasteiger partial charge in [0.25, 0.3) is 0 Å². The van der Waals surface area contributed by atoms with Gasteiger partial charge >= 0.3 is 12.0 Å². The van der Waals surface area contributed by atoms with Gasteiger partial charge in [-0.3, -0.25) is 0 Å². The van der Waals surface area contributed by atoms with Gasteiger partial charge in [-0.25, -0.2) is 22.3 Å². The first-order valence-electron chi connectivity index (χ1n) is 8.55. The number of sulfonamides is 1. The summed E-state index contributed by atoms with van der Waals surface area (Å²) in [5.74, 6) is -0.913. The minimum absolute atomic E-state index is 0.0743. The van der Waals surface area contributed by atoms with Gasteiger partial charge in [0.1, 0.15) is 0 Å². The molecule has 0 spiro atoms. The van der Waals surface area contributed by atoms with Gasteiger partial charge in [-0.1, -0.05) is 12.1 Å². The third-order valence-electron chi connectivity index (χ3n) is 4.71. The second kappa shape index (κ2) is 8.50. The molecule has 8 nitrogen and oxygen atoms in total. The third kappa shape index (κ3) is 4.95. The highest BCUT2D eigenvalue weighted by Crippen LogP contribution is 2.18. The predicted octanol–water partition coefficient (Wildman–Crippen LogP) is 1.34. The van der Waals surface area contributed by atoms with Crippen LogP contribution in [0.3, 0.4) is 0 Å². The topological polar surface area (TPSA) is 107 Å². The van der Waals surface area contributed by atoms with Gasteiger partial charge in [0, 0.05) is 32.7 Å². The Balaban J connectivity index is 1.82. The average Bonchev–Trinajstić information content (AvgIpc) is 2.65. The van der Waals surface area contributed by atoms with E-state index in [1.807, 2.05) is 0 Å². The van der Waals surface area contributed by atoms with E-state index in [0.717, 1.165) is 5.56 Å². The van der Waals surface area contributed by atoms with E-state index < -0.39 is 16.0 Å². The molecule has 0 atom stereocenters. The maximum Gasteiger partial charge on any atom is 0.335 e. The number of rotatable bonds is 6. The molecular weight excluding hydrogens is 358 g/mol. The number of amides is 2. The van der Waals surface area contributed by atoms with Crippen LogP contribution >= 0.6 is 0 Å². The van der Waals surface area contributed by atoms with Crippen LogP contribution in [0.25, 0.3) is 0 Å². The molecule has 1 saturated heterocycles. The van der Waals surface area contributed by atoms with Crippen LogP contribution in [0.4, 0.5) is 4.79 Å². The van der Waals surface area contributed by atoms with Crippen molar-refractivity contribution in [3.63, 3.8) is 0 Å². The third-order valence-corrected chi connectivity index (χ3v) is 6.62. The van der Waals surface area contributed by atoms with E-state index in [9.17, 15) is 18.0 Å². The Hall–Kier alpha value is -2.13. The summed E-state index contributed by atoms with van der Waals surface area (Å²) in [6.07, 6.45) is 1.22. The quantitative estimate of drug-likeness (QED) is 0.771. The number of nitrogens with one attached hydrogen (secondary N) is 1. The highest BCUT2D eigenvalue weighted by molar-refractivity contribution is 7.89. The van der Waals surface area contributed by atoms with Crippen LogP contribution in [0.1, 0.15) is 35.7 Å². The van der Waals surface area contributed by atoms with E-state index in [0.29, 0.717) is 32.5 Å². The van der Waals surface area contributed by atoms with Crippen molar-refractivity contribution in [2.75, 3.05) is 25.9 Å². The van der Waals surface area contributed by atoms with Gasteiger partial charge < -0.3 is 15.3 Å². The monoisotopic (exact) mass is 383 g/mol. The Morgan fingerprint density at radius 3 is 2.31 bits per heavy atom. The molecule has 2 amide bonds. The van der Waals surface area contributed by atoms with Crippen molar-refractivity contribution in [2.24, 2.45) is 0 Å². The van der Waals surface area contributed by atoms with Crippen LogP contribution in [0.2, 0.25) is 0 Å². The second-order valence-electron chi connectivity index (χ2n) is 6.30. The van der Waals surface area contributed by atoms with Crippen LogP contribution < -0.4 is 5.32 Å². The van der Waals surface area contributed by atoms with Crippen molar-refractivity contribution in [1.82, 2.24) is 14.5 Å². The molecule has 1 aromatic rings. The van der Waals surface area contributed by atoms with Gasteiger partial charge in [-0.05, 0) is 37.5 Å². The lowest BCUT2D eigenvalue weighted by Gasteiger charge is -2.36. The molecule has 0 aliphatic carbocycles. The van der Waals surface area contributed by atoms with Crippen molar-refractivity contribution in [3.8, 4) is 0 Å². The molecule has 2 rings (SSSR count). The fourth-order valence-electron chi connectivity index (χ4n) is 2.92. The van der Waals surface area contributed by atoms with Crippen LogP contribution in [0.5, 0.6) is 0 Å². The number of urea groups is 1. The van der Waals surface area contributed by atoms with Gasteiger partial charge in [-0.15, -0.1) is 0 Å². The highest BCUT2D eigenvalue weighted by atomic mass is 32.2. The molecule has 1 fully saturated rings. The molecule has 1 aliphatic heterocycles. The number of hydrogen-bond donors (Lipinski definition) is 2. The fourth-order valence-corrected chi connectivity index (χ4v) is 3.99.